The van der Waals surface area contributed by atoms with Gasteiger partial charge in [-0.2, -0.15) is 18.2 Å². The Bertz CT molecular complexity index is 1450. The van der Waals surface area contributed by atoms with E-state index in [0.717, 1.165) is 22.3 Å². The van der Waals surface area contributed by atoms with Crippen LogP contribution in [-0.4, -0.2) is 18.7 Å². The molecule has 2 aromatic carbocycles. The minimum Gasteiger partial charge on any atom is -0.425 e. The van der Waals surface area contributed by atoms with Gasteiger partial charge in [0, 0.05) is 14.1 Å². The van der Waals surface area contributed by atoms with Crippen LogP contribution in [0.3, 0.4) is 0 Å². The minimum absolute atomic E-state index is 0.0127. The Morgan fingerprint density at radius 1 is 1.00 bits per heavy atom. The maximum Gasteiger partial charge on any atom is 0.416 e. The second-order valence-electron chi connectivity index (χ2n) is 7.48. The molecule has 0 aliphatic carbocycles. The van der Waals surface area contributed by atoms with Crippen molar-refractivity contribution in [3.8, 4) is 11.8 Å². The number of rotatable bonds is 4. The lowest BCUT2D eigenvalue weighted by atomic mass is 10.1. The average Bonchev–Trinajstić information content (AvgIpc) is 3.08. The summed E-state index contributed by atoms with van der Waals surface area (Å²) in [6.07, 6.45) is -4.51. The molecule has 4 rings (SSSR count). The third kappa shape index (κ3) is 3.79. The van der Waals surface area contributed by atoms with Gasteiger partial charge < -0.3 is 4.74 Å². The Balaban J connectivity index is 1.93. The molecule has 0 spiro atoms. The van der Waals surface area contributed by atoms with E-state index >= 15 is 0 Å². The summed E-state index contributed by atoms with van der Waals surface area (Å²) >= 11 is 0. The molecule has 0 amide bonds. The predicted molar refractivity (Wildman–Crippen MR) is 112 cm³/mol. The van der Waals surface area contributed by atoms with E-state index in [4.69, 9.17) is 4.74 Å². The van der Waals surface area contributed by atoms with Gasteiger partial charge in [-0.25, -0.2) is 4.79 Å². The summed E-state index contributed by atoms with van der Waals surface area (Å²) in [7, 11) is 2.79. The molecule has 0 atom stereocenters. The first-order valence-corrected chi connectivity index (χ1v) is 9.63. The molecule has 0 saturated carbocycles. The topological polar surface area (TPSA) is 71.1 Å². The zero-order valence-corrected chi connectivity index (χ0v) is 17.5. The Morgan fingerprint density at radius 3 is 2.41 bits per heavy atom. The summed E-state index contributed by atoms with van der Waals surface area (Å²) in [6, 6.07) is 11.9. The predicted octanol–water partition coefficient (Wildman–Crippen LogP) is 3.60. The van der Waals surface area contributed by atoms with Crippen molar-refractivity contribution in [2.75, 3.05) is 0 Å². The van der Waals surface area contributed by atoms with E-state index in [0.29, 0.717) is 11.3 Å². The number of aromatic nitrogens is 4. The quantitative estimate of drug-likeness (QED) is 0.482. The number of benzene rings is 2. The highest BCUT2D eigenvalue weighted by atomic mass is 19.4. The molecule has 0 saturated heterocycles. The molecule has 166 valence electrons. The Morgan fingerprint density at radius 2 is 1.72 bits per heavy atom. The van der Waals surface area contributed by atoms with Crippen LogP contribution in [0.2, 0.25) is 0 Å². The molecule has 4 aromatic rings. The number of nitrogens with zero attached hydrogens (tertiary/aromatic N) is 4. The number of imidazole rings is 1. The van der Waals surface area contributed by atoms with Crippen LogP contribution in [0.5, 0.6) is 11.8 Å². The van der Waals surface area contributed by atoms with Crippen LogP contribution < -0.4 is 16.0 Å². The van der Waals surface area contributed by atoms with Crippen LogP contribution in [0.15, 0.2) is 58.1 Å². The lowest BCUT2D eigenvalue weighted by Crippen LogP contribution is -2.37. The molecule has 0 fully saturated rings. The fourth-order valence-corrected chi connectivity index (χ4v) is 3.46. The van der Waals surface area contributed by atoms with Crippen LogP contribution in [0.25, 0.3) is 11.2 Å². The SMILES string of the molecule is Cc1cccc(Oc2nc3c(c(=O)n(C)c(=O)n3C)n2Cc2cccc(C(F)(F)F)c2)c1. The smallest absolute Gasteiger partial charge is 0.416 e. The standard InChI is InChI=1S/C22H19F3N4O3/c1-13-6-4-9-16(10-13)32-20-26-18-17(19(30)28(3)21(31)27(18)2)29(20)12-14-7-5-8-15(11-14)22(23,24)25/h4-11H,12H2,1-3H3. The van der Waals surface area contributed by atoms with E-state index in [1.165, 1.54) is 35.4 Å². The number of alkyl halides is 3. The monoisotopic (exact) mass is 444 g/mol. The lowest BCUT2D eigenvalue weighted by molar-refractivity contribution is -0.137. The lowest BCUT2D eigenvalue weighted by Gasteiger charge is -2.12. The van der Waals surface area contributed by atoms with Gasteiger partial charge in [-0.05, 0) is 42.3 Å². The Labute approximate surface area is 179 Å². The van der Waals surface area contributed by atoms with Crippen molar-refractivity contribution >= 4 is 11.2 Å². The summed E-state index contributed by atoms with van der Waals surface area (Å²) in [4.78, 5) is 29.6. The highest BCUT2D eigenvalue weighted by Crippen LogP contribution is 2.31. The van der Waals surface area contributed by atoms with Gasteiger partial charge in [0.25, 0.3) is 5.56 Å². The second kappa shape index (κ2) is 7.70. The molecule has 2 aromatic heterocycles. The van der Waals surface area contributed by atoms with Crippen molar-refractivity contribution < 1.29 is 17.9 Å². The molecule has 2 heterocycles. The third-order valence-electron chi connectivity index (χ3n) is 5.11. The molecule has 0 aliphatic heterocycles. The summed E-state index contributed by atoms with van der Waals surface area (Å²) in [5, 5.41) is 0. The van der Waals surface area contributed by atoms with Crippen molar-refractivity contribution in [3.05, 3.63) is 86.1 Å². The van der Waals surface area contributed by atoms with Gasteiger partial charge in [-0.15, -0.1) is 0 Å². The number of fused-ring (bicyclic) bond motifs is 1. The van der Waals surface area contributed by atoms with Crippen molar-refractivity contribution in [1.29, 1.82) is 0 Å². The molecule has 0 aliphatic rings. The normalized spacial score (nSPS) is 11.8. The largest absolute Gasteiger partial charge is 0.425 e. The highest BCUT2D eigenvalue weighted by molar-refractivity contribution is 5.72. The van der Waals surface area contributed by atoms with E-state index in [-0.39, 0.29) is 23.7 Å². The Hall–Kier alpha value is -3.82. The van der Waals surface area contributed by atoms with E-state index in [9.17, 15) is 22.8 Å². The molecule has 0 radical (unpaired) electrons. The minimum atomic E-state index is -4.51. The highest BCUT2D eigenvalue weighted by Gasteiger charge is 2.30. The summed E-state index contributed by atoms with van der Waals surface area (Å²) in [5.74, 6) is 0.437. The van der Waals surface area contributed by atoms with Crippen molar-refractivity contribution in [2.24, 2.45) is 14.1 Å². The van der Waals surface area contributed by atoms with Crippen LogP contribution in [-0.2, 0) is 26.8 Å². The summed E-state index contributed by atoms with van der Waals surface area (Å²) in [6.45, 7) is 1.76. The van der Waals surface area contributed by atoms with Crippen LogP contribution in [0, 0.1) is 6.92 Å². The maximum absolute atomic E-state index is 13.2. The molecular formula is C22H19F3N4O3. The summed E-state index contributed by atoms with van der Waals surface area (Å²) in [5.41, 5.74) is -0.659. The number of halogens is 3. The van der Waals surface area contributed by atoms with Crippen LogP contribution in [0.1, 0.15) is 16.7 Å². The van der Waals surface area contributed by atoms with Crippen molar-refractivity contribution in [2.45, 2.75) is 19.6 Å². The molecule has 32 heavy (non-hydrogen) atoms. The van der Waals surface area contributed by atoms with Crippen LogP contribution >= 0.6 is 0 Å². The number of hydrogen-bond donors (Lipinski definition) is 0. The van der Waals surface area contributed by atoms with Gasteiger partial charge in [0.1, 0.15) is 5.75 Å². The molecule has 0 unspecified atom stereocenters. The summed E-state index contributed by atoms with van der Waals surface area (Å²) < 4.78 is 49.0. The number of ether oxygens (including phenoxy) is 1. The second-order valence-corrected chi connectivity index (χ2v) is 7.48. The first-order chi connectivity index (χ1) is 15.1. The van der Waals surface area contributed by atoms with E-state index < -0.39 is 23.0 Å². The Kier molecular flexibility index (Phi) is 5.15. The maximum atomic E-state index is 13.2. The molecule has 10 heteroatoms. The zero-order valence-electron chi connectivity index (χ0n) is 17.5. The van der Waals surface area contributed by atoms with E-state index in [1.807, 2.05) is 13.0 Å². The van der Waals surface area contributed by atoms with Crippen molar-refractivity contribution in [3.63, 3.8) is 0 Å². The third-order valence-corrected chi connectivity index (χ3v) is 5.11. The fourth-order valence-electron chi connectivity index (χ4n) is 3.46. The van der Waals surface area contributed by atoms with Gasteiger partial charge >= 0.3 is 17.9 Å². The zero-order chi connectivity index (χ0) is 23.2. The van der Waals surface area contributed by atoms with Crippen molar-refractivity contribution in [1.82, 2.24) is 18.7 Å². The number of hydrogen-bond acceptors (Lipinski definition) is 4. The van der Waals surface area contributed by atoms with Crippen LogP contribution in [0.4, 0.5) is 13.2 Å². The molecule has 0 bridgehead atoms. The molecule has 7 nitrogen and oxygen atoms in total. The van der Waals surface area contributed by atoms with Gasteiger partial charge in [-0.3, -0.25) is 18.5 Å². The van der Waals surface area contributed by atoms with E-state index in [2.05, 4.69) is 4.98 Å². The average molecular weight is 444 g/mol. The first kappa shape index (κ1) is 21.4. The van der Waals surface area contributed by atoms with Gasteiger partial charge in [0.05, 0.1) is 12.1 Å². The first-order valence-electron chi connectivity index (χ1n) is 9.63. The molecular weight excluding hydrogens is 425 g/mol. The van der Waals surface area contributed by atoms with Gasteiger partial charge in [-0.1, -0.05) is 24.3 Å². The van der Waals surface area contributed by atoms with E-state index in [1.54, 1.807) is 18.2 Å². The number of aryl methyl sites for hydroxylation is 2. The molecule has 0 N–H and O–H groups in total. The van der Waals surface area contributed by atoms with Gasteiger partial charge in [0.2, 0.25) is 0 Å². The van der Waals surface area contributed by atoms with Gasteiger partial charge in [0.15, 0.2) is 11.2 Å². The fraction of sp³-hybridized carbons (Fsp3) is 0.227.